The summed E-state index contributed by atoms with van der Waals surface area (Å²) in [6, 6.07) is 4.14. The number of hydrogen-bond donors (Lipinski definition) is 3. The van der Waals surface area contributed by atoms with Gasteiger partial charge in [-0.3, -0.25) is 14.7 Å². The smallest absolute Gasteiger partial charge is 0.403 e. The van der Waals surface area contributed by atoms with Crippen LogP contribution in [0.15, 0.2) is 65.0 Å². The number of nitrogens with zero attached hydrogens (tertiary/aromatic N) is 2. The number of nitrogens with two attached hydrogens (primary N) is 1. The van der Waals surface area contributed by atoms with Crippen molar-refractivity contribution in [3.05, 3.63) is 71.1 Å². The van der Waals surface area contributed by atoms with Crippen molar-refractivity contribution in [2.75, 3.05) is 26.3 Å². The van der Waals surface area contributed by atoms with Gasteiger partial charge in [0, 0.05) is 31.1 Å². The van der Waals surface area contributed by atoms with E-state index in [0.717, 1.165) is 37.2 Å². The van der Waals surface area contributed by atoms with Gasteiger partial charge in [-0.1, -0.05) is 19.6 Å². The SMILES string of the molecule is C=C(C=NC(O[C@H]1CC[C@@H](O)C1)C(C)N1CCOCC1)/C(=C/C(=C\N)NC(=O)c1cccc(C(F)(F)F)c1)CC. The molecule has 0 radical (unpaired) electrons. The summed E-state index contributed by atoms with van der Waals surface area (Å²) in [6.45, 7) is 10.9. The second-order valence-corrected chi connectivity index (χ2v) is 9.99. The first-order valence-corrected chi connectivity index (χ1v) is 13.5. The van der Waals surface area contributed by atoms with E-state index in [1.54, 1.807) is 12.3 Å². The third-order valence-corrected chi connectivity index (χ3v) is 7.11. The summed E-state index contributed by atoms with van der Waals surface area (Å²) in [6.07, 6.45) is 1.46. The Morgan fingerprint density at radius 1 is 1.35 bits per heavy atom. The number of rotatable bonds is 11. The van der Waals surface area contributed by atoms with Gasteiger partial charge in [-0.05, 0) is 68.0 Å². The number of benzene rings is 1. The number of amides is 1. The first-order chi connectivity index (χ1) is 19.0. The minimum atomic E-state index is -4.56. The number of nitrogens with one attached hydrogen (secondary N) is 1. The van der Waals surface area contributed by atoms with Crippen molar-refractivity contribution in [2.45, 2.75) is 70.2 Å². The summed E-state index contributed by atoms with van der Waals surface area (Å²) in [5.41, 5.74) is 6.18. The van der Waals surface area contributed by atoms with Gasteiger partial charge in [0.2, 0.25) is 0 Å². The molecule has 1 aliphatic heterocycles. The Labute approximate surface area is 233 Å². The molecular formula is C29H39F3N4O4. The summed E-state index contributed by atoms with van der Waals surface area (Å²) in [5.74, 6) is -0.722. The molecule has 0 spiro atoms. The molecule has 1 saturated carbocycles. The molecule has 2 unspecified atom stereocenters. The van der Waals surface area contributed by atoms with E-state index in [2.05, 4.69) is 23.7 Å². The van der Waals surface area contributed by atoms with Crippen LogP contribution in [-0.4, -0.2) is 72.9 Å². The zero-order valence-corrected chi connectivity index (χ0v) is 23.0. The molecule has 0 bridgehead atoms. The summed E-state index contributed by atoms with van der Waals surface area (Å²) >= 11 is 0. The molecule has 1 aromatic carbocycles. The summed E-state index contributed by atoms with van der Waals surface area (Å²) in [4.78, 5) is 19.7. The largest absolute Gasteiger partial charge is 0.416 e. The van der Waals surface area contributed by atoms with Crippen LogP contribution in [0.25, 0.3) is 0 Å². The second-order valence-electron chi connectivity index (χ2n) is 9.99. The Morgan fingerprint density at radius 2 is 2.08 bits per heavy atom. The predicted octanol–water partition coefficient (Wildman–Crippen LogP) is 4.18. The van der Waals surface area contributed by atoms with Crippen LogP contribution in [0.1, 0.15) is 55.5 Å². The van der Waals surface area contributed by atoms with Gasteiger partial charge in [0.25, 0.3) is 5.91 Å². The monoisotopic (exact) mass is 564 g/mol. The number of allylic oxidation sites excluding steroid dienone is 3. The fourth-order valence-corrected chi connectivity index (χ4v) is 4.70. The normalized spacial score (nSPS) is 22.9. The fourth-order valence-electron chi connectivity index (χ4n) is 4.70. The zero-order valence-electron chi connectivity index (χ0n) is 23.0. The number of hydrogen-bond acceptors (Lipinski definition) is 7. The maximum absolute atomic E-state index is 13.1. The highest BCUT2D eigenvalue weighted by Crippen LogP contribution is 2.30. The van der Waals surface area contributed by atoms with Crippen LogP contribution in [0.4, 0.5) is 13.2 Å². The van der Waals surface area contributed by atoms with Crippen LogP contribution >= 0.6 is 0 Å². The van der Waals surface area contributed by atoms with Gasteiger partial charge in [0.05, 0.1) is 42.7 Å². The van der Waals surface area contributed by atoms with Crippen molar-refractivity contribution in [2.24, 2.45) is 10.7 Å². The van der Waals surface area contributed by atoms with E-state index in [9.17, 15) is 23.1 Å². The highest BCUT2D eigenvalue weighted by atomic mass is 19.4. The summed E-state index contributed by atoms with van der Waals surface area (Å²) in [7, 11) is 0. The van der Waals surface area contributed by atoms with Gasteiger partial charge in [0.15, 0.2) is 6.23 Å². The third kappa shape index (κ3) is 9.02. The molecule has 3 rings (SSSR count). The molecule has 1 aliphatic carbocycles. The third-order valence-electron chi connectivity index (χ3n) is 7.11. The number of aliphatic hydroxyl groups is 1. The molecule has 0 aromatic heterocycles. The Kier molecular flexibility index (Phi) is 11.5. The highest BCUT2D eigenvalue weighted by Gasteiger charge is 2.32. The van der Waals surface area contributed by atoms with Crippen LogP contribution in [0, 0.1) is 0 Å². The molecule has 11 heteroatoms. The van der Waals surface area contributed by atoms with Crippen molar-refractivity contribution in [1.82, 2.24) is 10.2 Å². The minimum absolute atomic E-state index is 0.0361. The number of carbonyl (C=O) groups excluding carboxylic acids is 1. The standard InChI is InChI=1S/C29H39F3N4O4/c1-4-21(15-24(17-33)35-27(38)22-6-5-7-23(14-22)29(30,31)32)19(2)18-34-28(40-26-9-8-25(37)16-26)20(3)36-10-12-39-13-11-36/h5-7,14-15,17-18,20,25-26,28,37H,2,4,8-13,16,33H2,1,3H3,(H,35,38)/b21-15+,24-17+,34-18?/t20?,25-,26+,28?/m1/s1. The van der Waals surface area contributed by atoms with E-state index < -0.39 is 23.9 Å². The van der Waals surface area contributed by atoms with Gasteiger partial charge >= 0.3 is 6.18 Å². The van der Waals surface area contributed by atoms with Gasteiger partial charge in [0.1, 0.15) is 0 Å². The lowest BCUT2D eigenvalue weighted by Crippen LogP contribution is -2.48. The molecule has 40 heavy (non-hydrogen) atoms. The van der Waals surface area contributed by atoms with Crippen LogP contribution in [0.2, 0.25) is 0 Å². The van der Waals surface area contributed by atoms with Crippen molar-refractivity contribution in [3.63, 3.8) is 0 Å². The maximum Gasteiger partial charge on any atom is 0.416 e. The van der Waals surface area contributed by atoms with Gasteiger partial charge in [-0.2, -0.15) is 13.2 Å². The average molecular weight is 565 g/mol. The van der Waals surface area contributed by atoms with E-state index in [0.29, 0.717) is 38.0 Å². The number of aliphatic hydroxyl groups excluding tert-OH is 1. The summed E-state index contributed by atoms with van der Waals surface area (Å²) in [5, 5.41) is 12.5. The van der Waals surface area contributed by atoms with Crippen LogP contribution in [0.3, 0.4) is 0 Å². The molecule has 4 N–H and O–H groups in total. The van der Waals surface area contributed by atoms with E-state index in [-0.39, 0.29) is 29.5 Å². The number of halogens is 3. The van der Waals surface area contributed by atoms with E-state index in [1.165, 1.54) is 18.3 Å². The molecule has 1 heterocycles. The van der Waals surface area contributed by atoms with Crippen molar-refractivity contribution in [1.29, 1.82) is 0 Å². The molecule has 8 nitrogen and oxygen atoms in total. The highest BCUT2D eigenvalue weighted by molar-refractivity contribution is 5.96. The zero-order chi connectivity index (χ0) is 29.3. The maximum atomic E-state index is 13.1. The molecule has 220 valence electrons. The van der Waals surface area contributed by atoms with Crippen molar-refractivity contribution < 1.29 is 32.5 Å². The van der Waals surface area contributed by atoms with Crippen LogP contribution in [-0.2, 0) is 15.7 Å². The Balaban J connectivity index is 1.73. The number of aliphatic imine (C=N–C) groups is 1. The van der Waals surface area contributed by atoms with Crippen LogP contribution < -0.4 is 11.1 Å². The lowest BCUT2D eigenvalue weighted by molar-refractivity contribution is -0.137. The molecule has 1 saturated heterocycles. The Bertz CT molecular complexity index is 1110. The number of carbonyl (C=O) groups is 1. The lowest BCUT2D eigenvalue weighted by Gasteiger charge is -2.36. The van der Waals surface area contributed by atoms with Crippen LogP contribution in [0.5, 0.6) is 0 Å². The quantitative estimate of drug-likeness (QED) is 0.275. The molecule has 4 atom stereocenters. The molecule has 1 amide bonds. The van der Waals surface area contributed by atoms with Crippen molar-refractivity contribution in [3.8, 4) is 0 Å². The Morgan fingerprint density at radius 3 is 2.67 bits per heavy atom. The average Bonchev–Trinajstić information content (AvgIpc) is 3.36. The lowest BCUT2D eigenvalue weighted by atomic mass is 10.0. The minimum Gasteiger partial charge on any atom is -0.403 e. The van der Waals surface area contributed by atoms with E-state index in [1.807, 2.05) is 6.92 Å². The van der Waals surface area contributed by atoms with Gasteiger partial charge < -0.3 is 25.6 Å². The predicted molar refractivity (Wildman–Crippen MR) is 148 cm³/mol. The van der Waals surface area contributed by atoms with Gasteiger partial charge in [-0.15, -0.1) is 0 Å². The summed E-state index contributed by atoms with van der Waals surface area (Å²) < 4.78 is 51.0. The topological polar surface area (TPSA) is 109 Å². The molecule has 2 fully saturated rings. The molecule has 2 aliphatic rings. The molecule has 1 aromatic rings. The molecular weight excluding hydrogens is 525 g/mol. The van der Waals surface area contributed by atoms with E-state index in [4.69, 9.17) is 20.2 Å². The van der Waals surface area contributed by atoms with Gasteiger partial charge in [-0.25, -0.2) is 0 Å². The Hall–Kier alpha value is -2.99. The first kappa shape index (κ1) is 31.5. The number of alkyl halides is 3. The number of morpholine rings is 1. The first-order valence-electron chi connectivity index (χ1n) is 13.5. The van der Waals surface area contributed by atoms with E-state index >= 15 is 0 Å². The second kappa shape index (κ2) is 14.6. The van der Waals surface area contributed by atoms with Crippen molar-refractivity contribution >= 4 is 12.1 Å². The number of ether oxygens (including phenoxy) is 2. The fraction of sp³-hybridized carbons (Fsp3) is 0.517.